The van der Waals surface area contributed by atoms with Crippen LogP contribution in [0.3, 0.4) is 0 Å². The van der Waals surface area contributed by atoms with Gasteiger partial charge in [0.15, 0.2) is 0 Å². The van der Waals surface area contributed by atoms with Crippen molar-refractivity contribution in [1.82, 2.24) is 20.2 Å². The fraction of sp³-hybridized carbons (Fsp3) is 0.0556. The van der Waals surface area contributed by atoms with Crippen molar-refractivity contribution >= 4 is 33.7 Å². The molecule has 0 saturated carbocycles. The molecule has 3 heterocycles. The summed E-state index contributed by atoms with van der Waals surface area (Å²) in [6, 6.07) is 4.71. The van der Waals surface area contributed by atoms with Crippen LogP contribution in [0.25, 0.3) is 39.1 Å². The highest BCUT2D eigenvalue weighted by Crippen LogP contribution is 2.35. The van der Waals surface area contributed by atoms with E-state index in [0.717, 1.165) is 5.56 Å². The number of benzene rings is 1. The van der Waals surface area contributed by atoms with Gasteiger partial charge in [0, 0.05) is 10.9 Å². The number of hydrogen-bond donors (Lipinski definition) is 3. The number of nitrogen functional groups attached to an aromatic ring is 1. The van der Waals surface area contributed by atoms with Crippen LogP contribution in [0.2, 0.25) is 0 Å². The molecule has 0 fully saturated rings. The van der Waals surface area contributed by atoms with Crippen molar-refractivity contribution in [2.24, 2.45) is 0 Å². The Bertz CT molecular complexity index is 1220. The maximum atomic E-state index is 14.0. The molecule has 124 valence electrons. The third-order valence-corrected chi connectivity index (χ3v) is 4.28. The molecule has 0 aliphatic rings. The van der Waals surface area contributed by atoms with Crippen LogP contribution in [0.5, 0.6) is 0 Å². The zero-order chi connectivity index (χ0) is 17.7. The molecule has 4 N–H and O–H groups in total. The molecule has 0 bridgehead atoms. The molecule has 25 heavy (non-hydrogen) atoms. The minimum absolute atomic E-state index is 0.0213. The van der Waals surface area contributed by atoms with E-state index in [4.69, 9.17) is 5.73 Å². The molecule has 6 nitrogen and oxygen atoms in total. The fourth-order valence-electron chi connectivity index (χ4n) is 3.04. The topological polar surface area (TPSA) is 100 Å². The molecular formula is C18H14FN5O. The van der Waals surface area contributed by atoms with Crippen molar-refractivity contribution in [3.63, 3.8) is 0 Å². The van der Waals surface area contributed by atoms with Crippen LogP contribution in [0.4, 0.5) is 10.1 Å². The number of aryl methyl sites for hydroxylation is 1. The molecule has 4 rings (SSSR count). The predicted octanol–water partition coefficient (Wildman–Crippen LogP) is 3.14. The van der Waals surface area contributed by atoms with E-state index in [1.807, 2.05) is 13.0 Å². The first-order valence-corrected chi connectivity index (χ1v) is 7.58. The predicted molar refractivity (Wildman–Crippen MR) is 96.6 cm³/mol. The number of nitrogens with two attached hydrogens (primary N) is 1. The van der Waals surface area contributed by atoms with Gasteiger partial charge >= 0.3 is 0 Å². The van der Waals surface area contributed by atoms with Crippen molar-refractivity contribution in [1.29, 1.82) is 0 Å². The van der Waals surface area contributed by atoms with Crippen LogP contribution in [0.15, 0.2) is 35.8 Å². The van der Waals surface area contributed by atoms with Gasteiger partial charge in [-0.1, -0.05) is 12.6 Å². The molecule has 0 aliphatic carbocycles. The Kier molecular flexibility index (Phi) is 3.18. The van der Waals surface area contributed by atoms with Gasteiger partial charge in [-0.25, -0.2) is 9.37 Å². The normalized spacial score (nSPS) is 11.3. The highest BCUT2D eigenvalue weighted by molar-refractivity contribution is 6.06. The van der Waals surface area contributed by atoms with Crippen LogP contribution in [-0.2, 0) is 0 Å². The number of fused-ring (bicyclic) bond motifs is 2. The number of aromatic nitrogens is 4. The second-order valence-corrected chi connectivity index (χ2v) is 5.79. The van der Waals surface area contributed by atoms with E-state index in [2.05, 4.69) is 26.7 Å². The summed E-state index contributed by atoms with van der Waals surface area (Å²) < 4.78 is 14.0. The van der Waals surface area contributed by atoms with Gasteiger partial charge in [-0.2, -0.15) is 5.10 Å². The van der Waals surface area contributed by atoms with Crippen molar-refractivity contribution < 1.29 is 4.39 Å². The summed E-state index contributed by atoms with van der Waals surface area (Å²) in [5.41, 5.74) is 9.60. The van der Waals surface area contributed by atoms with Gasteiger partial charge in [-0.3, -0.25) is 9.89 Å². The van der Waals surface area contributed by atoms with Crippen molar-refractivity contribution in [2.75, 3.05) is 5.73 Å². The number of rotatable bonds is 2. The Labute approximate surface area is 141 Å². The standard InChI is InChI=1S/C18H14FN5O/c1-3-12-8(2)6-13-17(22-12)14(15(20)18(25)23-13)9-4-5-11(19)16-10(9)7-21-24-16/h3-7H,1,20H2,2H3,(H,21,24)(H,23,25). The third-order valence-electron chi connectivity index (χ3n) is 4.28. The Morgan fingerprint density at radius 2 is 2.16 bits per heavy atom. The van der Waals surface area contributed by atoms with Gasteiger partial charge in [0.25, 0.3) is 5.56 Å². The number of hydrogen-bond acceptors (Lipinski definition) is 4. The van der Waals surface area contributed by atoms with E-state index in [9.17, 15) is 9.18 Å². The number of pyridine rings is 2. The number of anilines is 1. The number of aromatic amines is 2. The van der Waals surface area contributed by atoms with Crippen LogP contribution in [-0.4, -0.2) is 20.2 Å². The maximum Gasteiger partial charge on any atom is 0.272 e. The quantitative estimate of drug-likeness (QED) is 0.524. The molecule has 0 amide bonds. The van der Waals surface area contributed by atoms with Crippen LogP contribution >= 0.6 is 0 Å². The van der Waals surface area contributed by atoms with E-state index in [0.29, 0.717) is 33.2 Å². The van der Waals surface area contributed by atoms with Crippen molar-refractivity contribution in [3.05, 3.63) is 58.4 Å². The summed E-state index contributed by atoms with van der Waals surface area (Å²) in [6.07, 6.45) is 3.14. The zero-order valence-electron chi connectivity index (χ0n) is 13.4. The number of H-pyrrole nitrogens is 2. The first-order chi connectivity index (χ1) is 12.0. The molecular weight excluding hydrogens is 321 g/mol. The minimum atomic E-state index is -0.431. The van der Waals surface area contributed by atoms with Gasteiger partial charge in [0.05, 0.1) is 22.9 Å². The van der Waals surface area contributed by atoms with Gasteiger partial charge in [-0.15, -0.1) is 0 Å². The monoisotopic (exact) mass is 335 g/mol. The number of halogens is 1. The Hall–Kier alpha value is -3.48. The van der Waals surface area contributed by atoms with E-state index >= 15 is 0 Å². The summed E-state index contributed by atoms with van der Waals surface area (Å²) in [7, 11) is 0. The van der Waals surface area contributed by atoms with Crippen molar-refractivity contribution in [2.45, 2.75) is 6.92 Å². The van der Waals surface area contributed by atoms with Crippen LogP contribution in [0.1, 0.15) is 11.3 Å². The summed E-state index contributed by atoms with van der Waals surface area (Å²) in [6.45, 7) is 5.64. The Morgan fingerprint density at radius 1 is 1.36 bits per heavy atom. The molecule has 0 radical (unpaired) electrons. The zero-order valence-corrected chi connectivity index (χ0v) is 13.4. The molecule has 0 aliphatic heterocycles. The van der Waals surface area contributed by atoms with Gasteiger partial charge < -0.3 is 10.7 Å². The summed E-state index contributed by atoms with van der Waals surface area (Å²) in [5, 5.41) is 7.05. The first-order valence-electron chi connectivity index (χ1n) is 7.58. The molecule has 0 atom stereocenters. The third kappa shape index (κ3) is 2.13. The molecule has 1 aromatic carbocycles. The van der Waals surface area contributed by atoms with Crippen molar-refractivity contribution in [3.8, 4) is 11.1 Å². The van der Waals surface area contributed by atoms with Gasteiger partial charge in [0.1, 0.15) is 17.0 Å². The van der Waals surface area contributed by atoms with Crippen LogP contribution in [0, 0.1) is 12.7 Å². The summed E-state index contributed by atoms with van der Waals surface area (Å²) in [4.78, 5) is 19.6. The molecule has 0 unspecified atom stereocenters. The highest BCUT2D eigenvalue weighted by atomic mass is 19.1. The molecule has 0 spiro atoms. The van der Waals surface area contributed by atoms with E-state index in [-0.39, 0.29) is 11.2 Å². The molecule has 0 saturated heterocycles. The van der Waals surface area contributed by atoms with Crippen LogP contribution < -0.4 is 11.3 Å². The lowest BCUT2D eigenvalue weighted by molar-refractivity contribution is 0.636. The lowest BCUT2D eigenvalue weighted by Crippen LogP contribution is -2.14. The largest absolute Gasteiger partial charge is 0.394 e. The smallest absolute Gasteiger partial charge is 0.272 e. The molecule has 7 heteroatoms. The van der Waals surface area contributed by atoms with Gasteiger partial charge in [-0.05, 0) is 36.3 Å². The average Bonchev–Trinajstić information content (AvgIpc) is 3.08. The second-order valence-electron chi connectivity index (χ2n) is 5.79. The second kappa shape index (κ2) is 5.27. The Balaban J connectivity index is 2.21. The molecule has 3 aromatic heterocycles. The van der Waals surface area contributed by atoms with E-state index in [1.54, 1.807) is 12.1 Å². The van der Waals surface area contributed by atoms with E-state index in [1.165, 1.54) is 12.3 Å². The van der Waals surface area contributed by atoms with E-state index < -0.39 is 11.4 Å². The number of nitrogens with zero attached hydrogens (tertiary/aromatic N) is 2. The maximum absolute atomic E-state index is 14.0. The summed E-state index contributed by atoms with van der Waals surface area (Å²) in [5.74, 6) is -0.431. The SMILES string of the molecule is C=Cc1nc2c(-c3ccc(F)c4[nH]ncc34)c(N)c(=O)[nH]c2cc1C. The minimum Gasteiger partial charge on any atom is -0.394 e. The number of nitrogens with one attached hydrogen (secondary N) is 2. The lowest BCUT2D eigenvalue weighted by atomic mass is 9.98. The Morgan fingerprint density at radius 3 is 2.92 bits per heavy atom. The lowest BCUT2D eigenvalue weighted by Gasteiger charge is -2.12. The highest BCUT2D eigenvalue weighted by Gasteiger charge is 2.18. The fourth-order valence-corrected chi connectivity index (χ4v) is 3.04. The average molecular weight is 335 g/mol. The first kappa shape index (κ1) is 15.1. The molecule has 4 aromatic rings. The summed E-state index contributed by atoms with van der Waals surface area (Å²) >= 11 is 0. The van der Waals surface area contributed by atoms with Gasteiger partial charge in [0.2, 0.25) is 0 Å².